The van der Waals surface area contributed by atoms with Crippen molar-refractivity contribution in [3.63, 3.8) is 0 Å². The summed E-state index contributed by atoms with van der Waals surface area (Å²) >= 11 is 0. The largest absolute Gasteiger partial charge is 0.478 e. The minimum Gasteiger partial charge on any atom is -0.478 e. The molecule has 4 nitrogen and oxygen atoms in total. The van der Waals surface area contributed by atoms with Gasteiger partial charge in [-0.05, 0) is 13.8 Å². The maximum absolute atomic E-state index is 5.27. The van der Waals surface area contributed by atoms with Crippen molar-refractivity contribution in [3.05, 3.63) is 24.0 Å². The maximum atomic E-state index is 5.27. The van der Waals surface area contributed by atoms with E-state index in [2.05, 4.69) is 10.1 Å². The van der Waals surface area contributed by atoms with E-state index in [9.17, 15) is 0 Å². The molecule has 2 aromatic heterocycles. The minimum atomic E-state index is 0.635. The highest BCUT2D eigenvalue weighted by Crippen LogP contribution is 2.09. The van der Waals surface area contributed by atoms with Gasteiger partial charge in [0.05, 0.1) is 12.3 Å². The molecule has 0 aliphatic carbocycles. The lowest BCUT2D eigenvalue weighted by Crippen LogP contribution is -1.96. The van der Waals surface area contributed by atoms with Crippen molar-refractivity contribution < 1.29 is 4.74 Å². The van der Waals surface area contributed by atoms with Crippen molar-refractivity contribution in [1.82, 2.24) is 14.6 Å². The van der Waals surface area contributed by atoms with Crippen molar-refractivity contribution in [1.29, 1.82) is 0 Å². The van der Waals surface area contributed by atoms with Crippen LogP contribution in [0.2, 0.25) is 0 Å². The molecule has 2 heterocycles. The van der Waals surface area contributed by atoms with Crippen LogP contribution in [0.25, 0.3) is 5.65 Å². The number of aromatic nitrogens is 3. The van der Waals surface area contributed by atoms with Crippen LogP contribution in [0.5, 0.6) is 5.88 Å². The van der Waals surface area contributed by atoms with Gasteiger partial charge in [-0.2, -0.15) is 10.1 Å². The Kier molecular flexibility index (Phi) is 1.88. The van der Waals surface area contributed by atoms with Crippen LogP contribution in [-0.4, -0.2) is 21.2 Å². The third kappa shape index (κ3) is 1.47. The first-order valence-electron chi connectivity index (χ1n) is 4.25. The fourth-order valence-corrected chi connectivity index (χ4v) is 1.21. The SMILES string of the molecule is CCOc1ccn2nc(C)cc2n1. The summed E-state index contributed by atoms with van der Waals surface area (Å²) < 4.78 is 7.00. The summed E-state index contributed by atoms with van der Waals surface area (Å²) in [4.78, 5) is 4.26. The van der Waals surface area contributed by atoms with Crippen LogP contribution in [0.1, 0.15) is 12.6 Å². The van der Waals surface area contributed by atoms with E-state index in [-0.39, 0.29) is 0 Å². The van der Waals surface area contributed by atoms with Gasteiger partial charge in [-0.1, -0.05) is 0 Å². The fraction of sp³-hybridized carbons (Fsp3) is 0.333. The summed E-state index contributed by atoms with van der Waals surface area (Å²) in [5.41, 5.74) is 1.78. The number of rotatable bonds is 2. The van der Waals surface area contributed by atoms with E-state index in [0.717, 1.165) is 11.3 Å². The molecule has 0 saturated heterocycles. The van der Waals surface area contributed by atoms with Crippen molar-refractivity contribution in [2.45, 2.75) is 13.8 Å². The quantitative estimate of drug-likeness (QED) is 0.696. The molecule has 2 aromatic rings. The van der Waals surface area contributed by atoms with Crippen molar-refractivity contribution in [2.24, 2.45) is 0 Å². The smallest absolute Gasteiger partial charge is 0.216 e. The van der Waals surface area contributed by atoms with Crippen molar-refractivity contribution >= 4 is 5.65 Å². The zero-order valence-corrected chi connectivity index (χ0v) is 7.69. The Labute approximate surface area is 76.2 Å². The number of nitrogens with zero attached hydrogens (tertiary/aromatic N) is 3. The molecule has 0 aliphatic heterocycles. The Morgan fingerprint density at radius 3 is 3.15 bits per heavy atom. The summed E-state index contributed by atoms with van der Waals surface area (Å²) in [6, 6.07) is 3.73. The van der Waals surface area contributed by atoms with E-state index < -0.39 is 0 Å². The molecular formula is C9H11N3O. The van der Waals surface area contributed by atoms with E-state index in [0.29, 0.717) is 12.5 Å². The van der Waals surface area contributed by atoms with Gasteiger partial charge in [0.1, 0.15) is 0 Å². The Morgan fingerprint density at radius 2 is 2.38 bits per heavy atom. The highest BCUT2D eigenvalue weighted by molar-refractivity contribution is 5.40. The standard InChI is InChI=1S/C9H11N3O/c1-3-13-9-4-5-12-8(10-9)6-7(2)11-12/h4-6H,3H2,1-2H3. The lowest BCUT2D eigenvalue weighted by atomic mass is 10.5. The second-order valence-electron chi connectivity index (χ2n) is 2.79. The molecule has 0 bridgehead atoms. The molecule has 0 atom stereocenters. The van der Waals surface area contributed by atoms with Gasteiger partial charge in [0, 0.05) is 18.3 Å². The van der Waals surface area contributed by atoms with Gasteiger partial charge in [0.25, 0.3) is 0 Å². The van der Waals surface area contributed by atoms with E-state index in [1.54, 1.807) is 4.52 Å². The van der Waals surface area contributed by atoms with Gasteiger partial charge in [-0.25, -0.2) is 4.52 Å². The number of ether oxygens (including phenoxy) is 1. The van der Waals surface area contributed by atoms with Crippen LogP contribution >= 0.6 is 0 Å². The Bertz CT molecular complexity index is 422. The van der Waals surface area contributed by atoms with Crippen LogP contribution < -0.4 is 4.74 Å². The Hall–Kier alpha value is -1.58. The van der Waals surface area contributed by atoms with E-state index >= 15 is 0 Å². The highest BCUT2D eigenvalue weighted by Gasteiger charge is 2.00. The zero-order chi connectivity index (χ0) is 9.26. The molecule has 0 saturated carbocycles. The Balaban J connectivity index is 2.48. The average molecular weight is 177 g/mol. The normalized spacial score (nSPS) is 10.6. The highest BCUT2D eigenvalue weighted by atomic mass is 16.5. The predicted octanol–water partition coefficient (Wildman–Crippen LogP) is 1.44. The van der Waals surface area contributed by atoms with Crippen LogP contribution in [0, 0.1) is 6.92 Å². The van der Waals surface area contributed by atoms with Crippen LogP contribution in [-0.2, 0) is 0 Å². The number of hydrogen-bond acceptors (Lipinski definition) is 3. The molecule has 68 valence electrons. The molecule has 4 heteroatoms. The topological polar surface area (TPSA) is 39.4 Å². The van der Waals surface area contributed by atoms with E-state index in [1.807, 2.05) is 32.2 Å². The average Bonchev–Trinajstić information content (AvgIpc) is 2.44. The van der Waals surface area contributed by atoms with Crippen molar-refractivity contribution in [3.8, 4) is 5.88 Å². The predicted molar refractivity (Wildman–Crippen MR) is 48.9 cm³/mol. The summed E-state index contributed by atoms with van der Waals surface area (Å²) in [6.07, 6.45) is 1.85. The minimum absolute atomic E-state index is 0.635. The van der Waals surface area contributed by atoms with Gasteiger partial charge in [0.15, 0.2) is 5.65 Å². The first-order valence-corrected chi connectivity index (χ1v) is 4.25. The summed E-state index contributed by atoms with van der Waals surface area (Å²) in [5.74, 6) is 0.648. The molecule has 0 spiro atoms. The lowest BCUT2D eigenvalue weighted by Gasteiger charge is -2.00. The van der Waals surface area contributed by atoms with Crippen LogP contribution in [0.4, 0.5) is 0 Å². The molecule has 0 amide bonds. The molecule has 0 aromatic carbocycles. The van der Waals surface area contributed by atoms with Crippen LogP contribution in [0.15, 0.2) is 18.3 Å². The summed E-state index contributed by atoms with van der Waals surface area (Å²) in [5, 5.41) is 4.21. The first kappa shape index (κ1) is 8.04. The van der Waals surface area contributed by atoms with Gasteiger partial charge in [0.2, 0.25) is 5.88 Å². The van der Waals surface area contributed by atoms with Gasteiger partial charge in [-0.3, -0.25) is 0 Å². The van der Waals surface area contributed by atoms with Crippen molar-refractivity contribution in [2.75, 3.05) is 6.61 Å². The Morgan fingerprint density at radius 1 is 1.54 bits per heavy atom. The molecule has 0 radical (unpaired) electrons. The number of fused-ring (bicyclic) bond motifs is 1. The fourth-order valence-electron chi connectivity index (χ4n) is 1.21. The summed E-state index contributed by atoms with van der Waals surface area (Å²) in [7, 11) is 0. The van der Waals surface area contributed by atoms with E-state index in [1.165, 1.54) is 0 Å². The number of aryl methyl sites for hydroxylation is 1. The third-order valence-corrected chi connectivity index (χ3v) is 1.71. The molecule has 0 unspecified atom stereocenters. The molecule has 0 fully saturated rings. The van der Waals surface area contributed by atoms with Crippen LogP contribution in [0.3, 0.4) is 0 Å². The summed E-state index contributed by atoms with van der Waals surface area (Å²) in [6.45, 7) is 4.51. The zero-order valence-electron chi connectivity index (χ0n) is 7.69. The van der Waals surface area contributed by atoms with E-state index in [4.69, 9.17) is 4.74 Å². The third-order valence-electron chi connectivity index (χ3n) is 1.71. The molecule has 0 aliphatic rings. The second-order valence-corrected chi connectivity index (χ2v) is 2.79. The van der Waals surface area contributed by atoms with Gasteiger partial charge < -0.3 is 4.74 Å². The number of hydrogen-bond donors (Lipinski definition) is 0. The molecule has 0 N–H and O–H groups in total. The van der Waals surface area contributed by atoms with Gasteiger partial charge >= 0.3 is 0 Å². The van der Waals surface area contributed by atoms with Gasteiger partial charge in [-0.15, -0.1) is 0 Å². The maximum Gasteiger partial charge on any atom is 0.216 e. The molecule has 13 heavy (non-hydrogen) atoms. The monoisotopic (exact) mass is 177 g/mol. The molecule has 2 rings (SSSR count). The molecular weight excluding hydrogens is 166 g/mol. The first-order chi connectivity index (χ1) is 6.29. The lowest BCUT2D eigenvalue weighted by molar-refractivity contribution is 0.327. The second kappa shape index (κ2) is 3.05.